The van der Waals surface area contributed by atoms with Crippen LogP contribution in [0.3, 0.4) is 0 Å². The highest BCUT2D eigenvalue weighted by Crippen LogP contribution is 2.31. The second-order valence-electron chi connectivity index (χ2n) is 4.82. The molecule has 2 aromatic rings. The van der Waals surface area contributed by atoms with Crippen molar-refractivity contribution in [2.75, 3.05) is 0 Å². The molecule has 1 aliphatic rings. The average Bonchev–Trinajstić information content (AvgIpc) is 3.12. The quantitative estimate of drug-likeness (QED) is 0.913. The summed E-state index contributed by atoms with van der Waals surface area (Å²) in [4.78, 5) is 0. The van der Waals surface area contributed by atoms with Gasteiger partial charge in [-0.15, -0.1) is 0 Å². The van der Waals surface area contributed by atoms with Gasteiger partial charge in [0.2, 0.25) is 0 Å². The molecule has 0 saturated heterocycles. The first kappa shape index (κ1) is 12.5. The normalized spacial score (nSPS) is 14.6. The van der Waals surface area contributed by atoms with E-state index in [1.54, 1.807) is 10.9 Å². The van der Waals surface area contributed by atoms with Gasteiger partial charge in [0, 0.05) is 30.2 Å². The molecular weight excluding hydrogens is 262 g/mol. The maximum Gasteiger partial charge on any atom is 0.165 e. The minimum Gasteiger partial charge on any atom is -0.454 e. The van der Waals surface area contributed by atoms with Crippen molar-refractivity contribution in [3.8, 4) is 11.5 Å². The molecule has 0 unspecified atom stereocenters. The summed E-state index contributed by atoms with van der Waals surface area (Å²) < 4.78 is 7.57. The number of aryl methyl sites for hydroxylation is 1. The van der Waals surface area contributed by atoms with Gasteiger partial charge in [-0.2, -0.15) is 5.10 Å². The fourth-order valence-corrected chi connectivity index (χ4v) is 2.15. The molecule has 0 bridgehead atoms. The molecule has 0 amide bonds. The van der Waals surface area contributed by atoms with Crippen LogP contribution in [0.1, 0.15) is 18.4 Å². The van der Waals surface area contributed by atoms with Crippen molar-refractivity contribution in [3.05, 3.63) is 41.2 Å². The Morgan fingerprint density at radius 2 is 2.32 bits per heavy atom. The minimum absolute atomic E-state index is 0.641. The van der Waals surface area contributed by atoms with Crippen LogP contribution in [0.2, 0.25) is 5.02 Å². The van der Waals surface area contributed by atoms with Gasteiger partial charge in [-0.25, -0.2) is 0 Å². The van der Waals surface area contributed by atoms with E-state index in [0.717, 1.165) is 28.6 Å². The van der Waals surface area contributed by atoms with Crippen molar-refractivity contribution >= 4 is 11.6 Å². The molecule has 1 aromatic heterocycles. The Hall–Kier alpha value is -1.52. The zero-order valence-corrected chi connectivity index (χ0v) is 11.5. The van der Waals surface area contributed by atoms with E-state index in [0.29, 0.717) is 6.04 Å². The molecule has 1 saturated carbocycles. The number of nitrogens with zero attached hydrogens (tertiary/aromatic N) is 2. The molecule has 3 rings (SSSR count). The van der Waals surface area contributed by atoms with Crippen LogP contribution in [-0.4, -0.2) is 15.8 Å². The topological polar surface area (TPSA) is 39.1 Å². The monoisotopic (exact) mass is 277 g/mol. The number of hydrogen-bond donors (Lipinski definition) is 1. The molecule has 19 heavy (non-hydrogen) atoms. The number of benzene rings is 1. The van der Waals surface area contributed by atoms with Crippen molar-refractivity contribution in [2.45, 2.75) is 25.4 Å². The van der Waals surface area contributed by atoms with Gasteiger partial charge in [0.25, 0.3) is 0 Å². The summed E-state index contributed by atoms with van der Waals surface area (Å²) in [6.45, 7) is 0.736. The van der Waals surface area contributed by atoms with Crippen LogP contribution < -0.4 is 10.1 Å². The van der Waals surface area contributed by atoms with Gasteiger partial charge in [-0.1, -0.05) is 17.7 Å². The number of hydrogen-bond acceptors (Lipinski definition) is 3. The first-order valence-corrected chi connectivity index (χ1v) is 6.77. The van der Waals surface area contributed by atoms with Crippen LogP contribution in [0.4, 0.5) is 0 Å². The molecule has 1 N–H and O–H groups in total. The predicted octanol–water partition coefficient (Wildman–Crippen LogP) is 3.12. The maximum absolute atomic E-state index is 6.26. The molecule has 1 aromatic carbocycles. The Balaban J connectivity index is 1.80. The zero-order valence-electron chi connectivity index (χ0n) is 10.8. The molecule has 4 nitrogen and oxygen atoms in total. The van der Waals surface area contributed by atoms with E-state index in [-0.39, 0.29) is 0 Å². The largest absolute Gasteiger partial charge is 0.454 e. The Bertz CT molecular complexity index is 578. The molecule has 0 aliphatic heterocycles. The van der Waals surface area contributed by atoms with Crippen LogP contribution in [0.15, 0.2) is 30.6 Å². The summed E-state index contributed by atoms with van der Waals surface area (Å²) in [7, 11) is 1.86. The van der Waals surface area contributed by atoms with Crippen molar-refractivity contribution in [1.82, 2.24) is 15.1 Å². The van der Waals surface area contributed by atoms with Crippen molar-refractivity contribution in [2.24, 2.45) is 7.05 Å². The lowest BCUT2D eigenvalue weighted by atomic mass is 10.2. The number of halogens is 1. The predicted molar refractivity (Wildman–Crippen MR) is 74.6 cm³/mol. The third kappa shape index (κ3) is 3.08. The lowest BCUT2D eigenvalue weighted by Gasteiger charge is -2.12. The molecule has 100 valence electrons. The van der Waals surface area contributed by atoms with Gasteiger partial charge in [-0.3, -0.25) is 4.68 Å². The standard InChI is InChI=1S/C14H16ClN3O/c1-18-9-11(7-17-18)19-14-4-2-3-13(15)12(14)8-16-10-5-6-10/h2-4,7,9-10,16H,5-6,8H2,1H3. The Morgan fingerprint density at radius 1 is 1.47 bits per heavy atom. The summed E-state index contributed by atoms with van der Waals surface area (Å²) in [5.41, 5.74) is 1.000. The second kappa shape index (κ2) is 5.23. The van der Waals surface area contributed by atoms with Gasteiger partial charge < -0.3 is 10.1 Å². The summed E-state index contributed by atoms with van der Waals surface area (Å²) in [6.07, 6.45) is 6.03. The second-order valence-corrected chi connectivity index (χ2v) is 5.23. The van der Waals surface area contributed by atoms with E-state index in [4.69, 9.17) is 16.3 Å². The molecule has 0 radical (unpaired) electrons. The smallest absolute Gasteiger partial charge is 0.165 e. The lowest BCUT2D eigenvalue weighted by molar-refractivity contribution is 0.472. The van der Waals surface area contributed by atoms with Crippen molar-refractivity contribution < 1.29 is 4.74 Å². The highest BCUT2D eigenvalue weighted by molar-refractivity contribution is 6.31. The van der Waals surface area contributed by atoms with E-state index < -0.39 is 0 Å². The summed E-state index contributed by atoms with van der Waals surface area (Å²) in [6, 6.07) is 6.36. The Kier molecular flexibility index (Phi) is 3.44. The number of nitrogens with one attached hydrogen (secondary N) is 1. The zero-order chi connectivity index (χ0) is 13.2. The first-order valence-electron chi connectivity index (χ1n) is 6.39. The van der Waals surface area contributed by atoms with Gasteiger partial charge >= 0.3 is 0 Å². The van der Waals surface area contributed by atoms with Gasteiger partial charge in [0.1, 0.15) is 5.75 Å². The first-order chi connectivity index (χ1) is 9.22. The van der Waals surface area contributed by atoms with Gasteiger partial charge in [0.15, 0.2) is 5.75 Å². The number of aromatic nitrogens is 2. The van der Waals surface area contributed by atoms with E-state index >= 15 is 0 Å². The Morgan fingerprint density at radius 3 is 3.00 bits per heavy atom. The van der Waals surface area contributed by atoms with E-state index in [1.807, 2.05) is 31.4 Å². The third-order valence-electron chi connectivity index (χ3n) is 3.13. The SMILES string of the molecule is Cn1cc(Oc2cccc(Cl)c2CNC2CC2)cn1. The average molecular weight is 278 g/mol. The van der Waals surface area contributed by atoms with E-state index in [9.17, 15) is 0 Å². The van der Waals surface area contributed by atoms with Crippen LogP contribution in [-0.2, 0) is 13.6 Å². The van der Waals surface area contributed by atoms with Crippen LogP contribution in [0, 0.1) is 0 Å². The highest BCUT2D eigenvalue weighted by Gasteiger charge is 2.21. The van der Waals surface area contributed by atoms with Crippen molar-refractivity contribution in [3.63, 3.8) is 0 Å². The molecule has 0 atom stereocenters. The Labute approximate surface area is 117 Å². The molecule has 1 fully saturated rings. The molecular formula is C14H16ClN3O. The summed E-state index contributed by atoms with van der Waals surface area (Å²) in [5, 5.41) is 8.28. The summed E-state index contributed by atoms with van der Waals surface area (Å²) >= 11 is 6.26. The van der Waals surface area contributed by atoms with Crippen LogP contribution in [0.25, 0.3) is 0 Å². The molecule has 1 heterocycles. The maximum atomic E-state index is 6.26. The van der Waals surface area contributed by atoms with Crippen molar-refractivity contribution in [1.29, 1.82) is 0 Å². The lowest BCUT2D eigenvalue weighted by Crippen LogP contribution is -2.16. The number of rotatable bonds is 5. The third-order valence-corrected chi connectivity index (χ3v) is 3.48. The van der Waals surface area contributed by atoms with E-state index in [2.05, 4.69) is 10.4 Å². The van der Waals surface area contributed by atoms with Crippen LogP contribution in [0.5, 0.6) is 11.5 Å². The molecule has 5 heteroatoms. The highest BCUT2D eigenvalue weighted by atomic mass is 35.5. The fraction of sp³-hybridized carbons (Fsp3) is 0.357. The molecule has 0 spiro atoms. The van der Waals surface area contributed by atoms with E-state index in [1.165, 1.54) is 12.8 Å². The van der Waals surface area contributed by atoms with Gasteiger partial charge in [-0.05, 0) is 25.0 Å². The van der Waals surface area contributed by atoms with Gasteiger partial charge in [0.05, 0.1) is 12.4 Å². The minimum atomic E-state index is 0.641. The fourth-order valence-electron chi connectivity index (χ4n) is 1.92. The molecule has 1 aliphatic carbocycles. The number of ether oxygens (including phenoxy) is 1. The van der Waals surface area contributed by atoms with Crippen LogP contribution >= 0.6 is 11.6 Å². The summed E-state index contributed by atoms with van der Waals surface area (Å²) in [5.74, 6) is 1.51.